The number of likely N-dealkylation sites (tertiary alicyclic amines) is 1. The van der Waals surface area contributed by atoms with Gasteiger partial charge in [0, 0.05) is 13.6 Å². The average Bonchev–Trinajstić information content (AvgIpc) is 3.03. The summed E-state index contributed by atoms with van der Waals surface area (Å²) in [5.41, 5.74) is 0.947. The summed E-state index contributed by atoms with van der Waals surface area (Å²) in [6, 6.07) is 7.53. The van der Waals surface area contributed by atoms with Gasteiger partial charge in [-0.3, -0.25) is 9.59 Å². The van der Waals surface area contributed by atoms with Crippen molar-refractivity contribution in [3.8, 4) is 0 Å². The lowest BCUT2D eigenvalue weighted by molar-refractivity contribution is -0.146. The van der Waals surface area contributed by atoms with Gasteiger partial charge in [-0.05, 0) is 31.4 Å². The Balaban J connectivity index is 1.55. The van der Waals surface area contributed by atoms with Gasteiger partial charge in [0.05, 0.1) is 16.8 Å². The lowest BCUT2D eigenvalue weighted by Gasteiger charge is -2.34. The van der Waals surface area contributed by atoms with Crippen LogP contribution in [-0.2, 0) is 20.9 Å². The Labute approximate surface area is 144 Å². The van der Waals surface area contributed by atoms with Crippen molar-refractivity contribution < 1.29 is 14.3 Å². The Morgan fingerprint density at radius 2 is 2.21 bits per heavy atom. The van der Waals surface area contributed by atoms with Crippen LogP contribution in [0, 0.1) is 0 Å². The van der Waals surface area contributed by atoms with Crippen molar-refractivity contribution in [1.29, 1.82) is 0 Å². The zero-order valence-corrected chi connectivity index (χ0v) is 14.5. The summed E-state index contributed by atoms with van der Waals surface area (Å²) in [5.74, 6) is -0.237. The molecule has 6 nitrogen and oxygen atoms in total. The molecule has 1 saturated heterocycles. The molecule has 1 N–H and O–H groups in total. The van der Waals surface area contributed by atoms with Crippen molar-refractivity contribution in [3.05, 3.63) is 29.3 Å². The third-order valence-electron chi connectivity index (χ3n) is 4.16. The smallest absolute Gasteiger partial charge is 0.249 e. The SMILES string of the molecule is CNC(=O)[C@@H]1CCCCN1C(=O)COCc1nc2ccccc2s1. The number of thiazole rings is 1. The minimum atomic E-state index is -0.373. The Morgan fingerprint density at radius 3 is 3.00 bits per heavy atom. The van der Waals surface area contributed by atoms with Gasteiger partial charge in [0.2, 0.25) is 11.8 Å². The van der Waals surface area contributed by atoms with Crippen molar-refractivity contribution in [2.24, 2.45) is 0 Å². The first-order chi connectivity index (χ1) is 11.7. The molecule has 0 saturated carbocycles. The number of amides is 2. The van der Waals surface area contributed by atoms with Crippen molar-refractivity contribution in [3.63, 3.8) is 0 Å². The summed E-state index contributed by atoms with van der Waals surface area (Å²) < 4.78 is 6.66. The van der Waals surface area contributed by atoms with Gasteiger partial charge in [-0.1, -0.05) is 12.1 Å². The van der Waals surface area contributed by atoms with E-state index < -0.39 is 0 Å². The number of hydrogen-bond acceptors (Lipinski definition) is 5. The molecule has 2 heterocycles. The van der Waals surface area contributed by atoms with E-state index in [-0.39, 0.29) is 24.5 Å². The number of rotatable bonds is 5. The van der Waals surface area contributed by atoms with Crippen molar-refractivity contribution in [1.82, 2.24) is 15.2 Å². The largest absolute Gasteiger partial charge is 0.364 e. The second kappa shape index (κ2) is 7.72. The molecule has 0 aliphatic carbocycles. The van der Waals surface area contributed by atoms with Gasteiger partial charge in [-0.25, -0.2) is 4.98 Å². The third-order valence-corrected chi connectivity index (χ3v) is 5.17. The number of fused-ring (bicyclic) bond motifs is 1. The number of ether oxygens (including phenoxy) is 1. The van der Waals surface area contributed by atoms with Crippen LogP contribution in [-0.4, -0.2) is 47.9 Å². The molecule has 24 heavy (non-hydrogen) atoms. The molecule has 0 spiro atoms. The maximum Gasteiger partial charge on any atom is 0.249 e. The normalized spacial score (nSPS) is 17.9. The van der Waals surface area contributed by atoms with Crippen LogP contribution in [0.4, 0.5) is 0 Å². The lowest BCUT2D eigenvalue weighted by atomic mass is 10.0. The van der Waals surface area contributed by atoms with E-state index >= 15 is 0 Å². The fourth-order valence-corrected chi connectivity index (χ4v) is 3.86. The summed E-state index contributed by atoms with van der Waals surface area (Å²) in [6.07, 6.45) is 2.61. The first-order valence-corrected chi connectivity index (χ1v) is 8.94. The summed E-state index contributed by atoms with van der Waals surface area (Å²) in [4.78, 5) is 30.4. The number of carbonyl (C=O) groups excluding carboxylic acids is 2. The van der Waals surface area contributed by atoms with Gasteiger partial charge in [-0.2, -0.15) is 0 Å². The van der Waals surface area contributed by atoms with Gasteiger partial charge in [0.1, 0.15) is 17.7 Å². The highest BCUT2D eigenvalue weighted by molar-refractivity contribution is 7.18. The lowest BCUT2D eigenvalue weighted by Crippen LogP contribution is -2.52. The molecule has 1 aliphatic heterocycles. The van der Waals surface area contributed by atoms with Crippen LogP contribution in [0.5, 0.6) is 0 Å². The molecular weight excluding hydrogens is 326 g/mol. The minimum absolute atomic E-state index is 0.0244. The number of piperidine rings is 1. The first-order valence-electron chi connectivity index (χ1n) is 8.12. The fourth-order valence-electron chi connectivity index (χ4n) is 2.96. The summed E-state index contributed by atoms with van der Waals surface area (Å²) in [7, 11) is 1.60. The van der Waals surface area contributed by atoms with Crippen LogP contribution < -0.4 is 5.32 Å². The number of aromatic nitrogens is 1. The molecule has 1 atom stereocenters. The number of benzene rings is 1. The highest BCUT2D eigenvalue weighted by atomic mass is 32.1. The van der Waals surface area contributed by atoms with Gasteiger partial charge in [0.25, 0.3) is 0 Å². The molecule has 0 bridgehead atoms. The fraction of sp³-hybridized carbons (Fsp3) is 0.471. The van der Waals surface area contributed by atoms with Crippen molar-refractivity contribution >= 4 is 33.4 Å². The van der Waals surface area contributed by atoms with Gasteiger partial charge in [-0.15, -0.1) is 11.3 Å². The highest BCUT2D eigenvalue weighted by Gasteiger charge is 2.31. The molecule has 2 aromatic rings. The highest BCUT2D eigenvalue weighted by Crippen LogP contribution is 2.22. The molecule has 1 fully saturated rings. The number of likely N-dealkylation sites (N-methyl/N-ethyl adjacent to an activating group) is 1. The van der Waals surface area contributed by atoms with E-state index in [4.69, 9.17) is 4.74 Å². The van der Waals surface area contributed by atoms with Crippen LogP contribution in [0.25, 0.3) is 10.2 Å². The van der Waals surface area contributed by atoms with E-state index in [0.29, 0.717) is 19.6 Å². The molecule has 0 radical (unpaired) electrons. The monoisotopic (exact) mass is 347 g/mol. The number of hydrogen-bond donors (Lipinski definition) is 1. The van der Waals surface area contributed by atoms with Crippen LogP contribution in [0.3, 0.4) is 0 Å². The second-order valence-corrected chi connectivity index (χ2v) is 6.90. The number of nitrogens with one attached hydrogen (secondary N) is 1. The summed E-state index contributed by atoms with van der Waals surface area (Å²) in [6.45, 7) is 0.897. The molecule has 1 aliphatic rings. The average molecular weight is 347 g/mol. The van der Waals surface area contributed by atoms with E-state index in [0.717, 1.165) is 28.1 Å². The molecule has 1 aromatic heterocycles. The predicted octanol–water partition coefficient (Wildman–Crippen LogP) is 1.94. The second-order valence-electron chi connectivity index (χ2n) is 5.78. The Bertz CT molecular complexity index is 698. The summed E-state index contributed by atoms with van der Waals surface area (Å²) in [5, 5.41) is 3.49. The topological polar surface area (TPSA) is 71.5 Å². The van der Waals surface area contributed by atoms with Gasteiger partial charge >= 0.3 is 0 Å². The maximum atomic E-state index is 12.4. The van der Waals surface area contributed by atoms with Crippen LogP contribution in [0.15, 0.2) is 24.3 Å². The number of para-hydroxylation sites is 1. The standard InChI is InChI=1S/C17H21N3O3S/c1-18-17(22)13-7-4-5-9-20(13)16(21)11-23-10-15-19-12-6-2-3-8-14(12)24-15/h2-3,6,8,13H,4-5,7,9-11H2,1H3,(H,18,22)/t13-/m0/s1. The van der Waals surface area contributed by atoms with Crippen LogP contribution >= 0.6 is 11.3 Å². The van der Waals surface area contributed by atoms with E-state index in [1.807, 2.05) is 24.3 Å². The van der Waals surface area contributed by atoms with Gasteiger partial charge < -0.3 is 15.0 Å². The van der Waals surface area contributed by atoms with Crippen molar-refractivity contribution in [2.75, 3.05) is 20.2 Å². The number of carbonyl (C=O) groups is 2. The zero-order valence-electron chi connectivity index (χ0n) is 13.7. The Hall–Kier alpha value is -1.99. The van der Waals surface area contributed by atoms with E-state index in [9.17, 15) is 9.59 Å². The Kier molecular flexibility index (Phi) is 5.42. The molecular formula is C17H21N3O3S. The van der Waals surface area contributed by atoms with Crippen LogP contribution in [0.2, 0.25) is 0 Å². The van der Waals surface area contributed by atoms with Crippen LogP contribution in [0.1, 0.15) is 24.3 Å². The van der Waals surface area contributed by atoms with E-state index in [2.05, 4.69) is 10.3 Å². The predicted molar refractivity (Wildman–Crippen MR) is 92.7 cm³/mol. The maximum absolute atomic E-state index is 12.4. The quantitative estimate of drug-likeness (QED) is 0.897. The number of nitrogens with zero attached hydrogens (tertiary/aromatic N) is 2. The van der Waals surface area contributed by atoms with E-state index in [1.165, 1.54) is 0 Å². The third kappa shape index (κ3) is 3.73. The van der Waals surface area contributed by atoms with Crippen molar-refractivity contribution in [2.45, 2.75) is 31.9 Å². The molecule has 128 valence electrons. The zero-order chi connectivity index (χ0) is 16.9. The molecule has 0 unspecified atom stereocenters. The molecule has 1 aromatic carbocycles. The molecule has 7 heteroatoms. The summed E-state index contributed by atoms with van der Waals surface area (Å²) >= 11 is 1.57. The first kappa shape index (κ1) is 16.9. The van der Waals surface area contributed by atoms with Gasteiger partial charge in [0.15, 0.2) is 0 Å². The molecule has 3 rings (SSSR count). The van der Waals surface area contributed by atoms with E-state index in [1.54, 1.807) is 23.3 Å². The minimum Gasteiger partial charge on any atom is -0.364 e. The molecule has 2 amide bonds. The Morgan fingerprint density at radius 1 is 1.38 bits per heavy atom.